The first-order valence-electron chi connectivity index (χ1n) is 17.1. The van der Waals surface area contributed by atoms with Gasteiger partial charge in [0, 0.05) is 42.3 Å². The summed E-state index contributed by atoms with van der Waals surface area (Å²) < 4.78 is 17.5. The number of aromatic nitrogens is 1. The second-order valence-electron chi connectivity index (χ2n) is 13.0. The van der Waals surface area contributed by atoms with Crippen LogP contribution in [-0.4, -0.2) is 4.98 Å². The maximum atomic E-state index is 15.0. The number of hydrogen-bond acceptors (Lipinski definition) is 3. The summed E-state index contributed by atoms with van der Waals surface area (Å²) in [6.07, 6.45) is 0. The van der Waals surface area contributed by atoms with Gasteiger partial charge in [0.25, 0.3) is 0 Å². The van der Waals surface area contributed by atoms with Crippen LogP contribution in [0.15, 0.2) is 182 Å². The average molecular weight is 688 g/mol. The second kappa shape index (κ2) is 11.9. The van der Waals surface area contributed by atoms with Crippen molar-refractivity contribution in [3.05, 3.63) is 182 Å². The van der Waals surface area contributed by atoms with Crippen LogP contribution >= 0.6 is 18.5 Å². The summed E-state index contributed by atoms with van der Waals surface area (Å²) in [5.41, 5.74) is 5.25. The zero-order valence-corrected chi connectivity index (χ0v) is 29.2. The molecule has 0 atom stereocenters. The van der Waals surface area contributed by atoms with E-state index in [1.807, 2.05) is 84.1 Å². The standard InChI is InChI=1S/C47H30NOPS/c49-50(34-14-3-1-4-15-34,35-16-5-2-6-17-35)36-26-23-31(24-27-36)32-25-28-40-43(30-32)48-46(47-45(40)41-21-11-12-22-44(41)51-47)42-29-33-13-7-8-18-37(33)38-19-9-10-20-39(38)42/h1-30H. The van der Waals surface area contributed by atoms with E-state index in [1.165, 1.54) is 41.7 Å². The van der Waals surface area contributed by atoms with Gasteiger partial charge in [0.2, 0.25) is 0 Å². The van der Waals surface area contributed by atoms with E-state index in [1.54, 1.807) is 0 Å². The van der Waals surface area contributed by atoms with Gasteiger partial charge in [0.05, 0.1) is 15.9 Å². The van der Waals surface area contributed by atoms with Crippen molar-refractivity contribution in [2.24, 2.45) is 0 Å². The predicted octanol–water partition coefficient (Wildman–Crippen LogP) is 11.9. The fourth-order valence-corrected chi connectivity index (χ4v) is 11.6. The SMILES string of the molecule is O=P(c1ccccc1)(c1ccccc1)c1ccc(-c2ccc3c(c2)nc(-c2cc4ccccc4c4ccccc24)c2sc4ccccc4c23)cc1. The summed E-state index contributed by atoms with van der Waals surface area (Å²) in [6, 6.07) is 63.0. The van der Waals surface area contributed by atoms with Crippen molar-refractivity contribution in [1.29, 1.82) is 0 Å². The molecule has 10 rings (SSSR count). The number of pyridine rings is 1. The van der Waals surface area contributed by atoms with Crippen molar-refractivity contribution in [3.63, 3.8) is 0 Å². The Kier molecular flexibility index (Phi) is 6.99. The third-order valence-electron chi connectivity index (χ3n) is 10.1. The third-order valence-corrected chi connectivity index (χ3v) is 14.4. The van der Waals surface area contributed by atoms with Gasteiger partial charge in [0.15, 0.2) is 7.14 Å². The number of thiophene rings is 1. The molecule has 2 heterocycles. The first-order valence-corrected chi connectivity index (χ1v) is 19.7. The largest absolute Gasteiger partial charge is 0.309 e. The predicted molar refractivity (Wildman–Crippen MR) is 220 cm³/mol. The summed E-state index contributed by atoms with van der Waals surface area (Å²) in [6.45, 7) is 0. The Hall–Kier alpha value is -5.86. The fraction of sp³-hybridized carbons (Fsp3) is 0. The monoisotopic (exact) mass is 687 g/mol. The molecule has 10 aromatic rings. The minimum Gasteiger partial charge on any atom is -0.309 e. The molecule has 51 heavy (non-hydrogen) atoms. The number of hydrogen-bond donors (Lipinski definition) is 0. The van der Waals surface area contributed by atoms with Gasteiger partial charge in [-0.1, -0.05) is 164 Å². The van der Waals surface area contributed by atoms with Gasteiger partial charge < -0.3 is 4.57 Å². The van der Waals surface area contributed by atoms with E-state index in [4.69, 9.17) is 4.98 Å². The molecular formula is C47H30NOPS. The molecule has 0 aliphatic rings. The molecule has 8 aromatic carbocycles. The molecule has 240 valence electrons. The first kappa shape index (κ1) is 30.0. The molecule has 2 nitrogen and oxygen atoms in total. The molecule has 0 aliphatic heterocycles. The highest BCUT2D eigenvalue weighted by Crippen LogP contribution is 2.46. The van der Waals surface area contributed by atoms with Crippen LogP contribution < -0.4 is 15.9 Å². The molecule has 0 unspecified atom stereocenters. The first-order chi connectivity index (χ1) is 25.2. The molecule has 0 radical (unpaired) electrons. The summed E-state index contributed by atoms with van der Waals surface area (Å²) >= 11 is 1.82. The van der Waals surface area contributed by atoms with Crippen molar-refractivity contribution in [3.8, 4) is 22.4 Å². The molecule has 0 N–H and O–H groups in total. The lowest BCUT2D eigenvalue weighted by Gasteiger charge is -2.20. The van der Waals surface area contributed by atoms with Crippen LogP contribution in [0, 0.1) is 0 Å². The summed E-state index contributed by atoms with van der Waals surface area (Å²) in [5, 5.41) is 11.0. The van der Waals surface area contributed by atoms with Crippen molar-refractivity contribution >= 4 is 87.0 Å². The minimum absolute atomic E-state index is 0.819. The van der Waals surface area contributed by atoms with Gasteiger partial charge in [-0.3, -0.25) is 0 Å². The Labute approximate surface area is 299 Å². The van der Waals surface area contributed by atoms with Crippen LogP contribution in [0.5, 0.6) is 0 Å². The Morgan fingerprint density at radius 3 is 1.75 bits per heavy atom. The van der Waals surface area contributed by atoms with Crippen LogP contribution in [0.2, 0.25) is 0 Å². The van der Waals surface area contributed by atoms with Crippen LogP contribution in [0.25, 0.3) is 75.0 Å². The highest BCUT2D eigenvalue weighted by atomic mass is 32.1. The zero-order valence-electron chi connectivity index (χ0n) is 27.5. The molecule has 0 saturated heterocycles. The average Bonchev–Trinajstić information content (AvgIpc) is 3.60. The van der Waals surface area contributed by atoms with Gasteiger partial charge in [0.1, 0.15) is 0 Å². The Morgan fingerprint density at radius 2 is 1.02 bits per heavy atom. The summed E-state index contributed by atoms with van der Waals surface area (Å²) in [4.78, 5) is 5.51. The molecular weight excluding hydrogens is 658 g/mol. The van der Waals surface area contributed by atoms with Crippen LogP contribution in [0.4, 0.5) is 0 Å². The number of rotatable bonds is 5. The van der Waals surface area contributed by atoms with E-state index in [0.29, 0.717) is 0 Å². The smallest absolute Gasteiger partial charge is 0.171 e. The van der Waals surface area contributed by atoms with Gasteiger partial charge in [-0.05, 0) is 50.9 Å². The van der Waals surface area contributed by atoms with E-state index in [0.717, 1.165) is 49.2 Å². The highest BCUT2D eigenvalue weighted by molar-refractivity contribution is 7.85. The van der Waals surface area contributed by atoms with Gasteiger partial charge in [-0.25, -0.2) is 4.98 Å². The van der Waals surface area contributed by atoms with Gasteiger partial charge in [-0.2, -0.15) is 0 Å². The number of benzene rings is 8. The number of fused-ring (bicyclic) bond motifs is 8. The molecule has 0 fully saturated rings. The third kappa shape index (κ3) is 4.77. The maximum Gasteiger partial charge on any atom is 0.171 e. The van der Waals surface area contributed by atoms with E-state index in [-0.39, 0.29) is 0 Å². The van der Waals surface area contributed by atoms with Crippen molar-refractivity contribution in [1.82, 2.24) is 4.98 Å². The zero-order chi connectivity index (χ0) is 33.9. The topological polar surface area (TPSA) is 30.0 Å². The molecule has 0 amide bonds. The van der Waals surface area contributed by atoms with Gasteiger partial charge >= 0.3 is 0 Å². The summed E-state index contributed by atoms with van der Waals surface area (Å²) in [7, 11) is -3.06. The molecule has 4 heteroatoms. The van der Waals surface area contributed by atoms with Crippen LogP contribution in [-0.2, 0) is 4.57 Å². The summed E-state index contributed by atoms with van der Waals surface area (Å²) in [5.74, 6) is 0. The highest BCUT2D eigenvalue weighted by Gasteiger charge is 2.29. The lowest BCUT2D eigenvalue weighted by atomic mass is 9.94. The van der Waals surface area contributed by atoms with E-state index in [9.17, 15) is 4.57 Å². The van der Waals surface area contributed by atoms with Crippen LogP contribution in [0.3, 0.4) is 0 Å². The second-order valence-corrected chi connectivity index (χ2v) is 16.8. The quantitative estimate of drug-likeness (QED) is 0.133. The van der Waals surface area contributed by atoms with Crippen molar-refractivity contribution in [2.75, 3.05) is 0 Å². The minimum atomic E-state index is -3.06. The maximum absolute atomic E-state index is 15.0. The van der Waals surface area contributed by atoms with E-state index in [2.05, 4.69) is 109 Å². The fourth-order valence-electron chi connectivity index (χ4n) is 7.69. The van der Waals surface area contributed by atoms with Crippen molar-refractivity contribution in [2.45, 2.75) is 0 Å². The molecule has 0 bridgehead atoms. The normalized spacial score (nSPS) is 12.0. The Bertz CT molecular complexity index is 2940. The Morgan fingerprint density at radius 1 is 0.451 bits per heavy atom. The molecule has 0 saturated carbocycles. The molecule has 0 spiro atoms. The van der Waals surface area contributed by atoms with E-state index >= 15 is 0 Å². The van der Waals surface area contributed by atoms with Gasteiger partial charge in [-0.15, -0.1) is 11.3 Å². The lowest BCUT2D eigenvalue weighted by Crippen LogP contribution is -2.24. The molecule has 2 aromatic heterocycles. The Balaban J connectivity index is 1.17. The number of nitrogens with zero attached hydrogens (tertiary/aromatic N) is 1. The van der Waals surface area contributed by atoms with Crippen molar-refractivity contribution < 1.29 is 4.57 Å². The van der Waals surface area contributed by atoms with E-state index < -0.39 is 7.14 Å². The molecule has 0 aliphatic carbocycles. The lowest BCUT2D eigenvalue weighted by molar-refractivity contribution is 0.592. The van der Waals surface area contributed by atoms with Crippen LogP contribution in [0.1, 0.15) is 0 Å².